The van der Waals surface area contributed by atoms with Gasteiger partial charge in [0.25, 0.3) is 0 Å². The Morgan fingerprint density at radius 1 is 1.43 bits per heavy atom. The first-order valence-corrected chi connectivity index (χ1v) is 8.79. The molecule has 0 saturated carbocycles. The molecule has 1 fully saturated rings. The first-order valence-electron chi connectivity index (χ1n) is 7.63. The third-order valence-corrected chi connectivity index (χ3v) is 5.28. The average molecular weight is 328 g/mol. The number of thioether (sulfide) groups is 1. The fourth-order valence-corrected chi connectivity index (χ4v) is 4.07. The van der Waals surface area contributed by atoms with Gasteiger partial charge in [0, 0.05) is 43.2 Å². The molecule has 1 unspecified atom stereocenters. The van der Waals surface area contributed by atoms with Gasteiger partial charge in [-0.15, -0.1) is 0 Å². The number of aromatic nitrogens is 2. The molecule has 0 bridgehead atoms. The highest BCUT2D eigenvalue weighted by Crippen LogP contribution is 2.27. The summed E-state index contributed by atoms with van der Waals surface area (Å²) in [4.78, 5) is 0. The third-order valence-electron chi connectivity index (χ3n) is 4.04. The molecule has 120 valence electrons. The molecule has 1 atom stereocenters. The largest absolute Gasteiger partial charge is 0.388 e. The van der Waals surface area contributed by atoms with E-state index in [2.05, 4.69) is 16.5 Å². The number of hydrogen-bond acceptors (Lipinski definition) is 5. The van der Waals surface area contributed by atoms with E-state index < -0.39 is 5.60 Å². The van der Waals surface area contributed by atoms with Crippen LogP contribution in [0, 0.1) is 11.3 Å². The second kappa shape index (κ2) is 6.75. The number of aliphatic hydroxyl groups is 1. The highest BCUT2D eigenvalue weighted by atomic mass is 32.2. The fraction of sp³-hybridized carbons (Fsp3) is 0.412. The van der Waals surface area contributed by atoms with Crippen LogP contribution in [0.4, 0.5) is 0 Å². The number of benzene rings is 1. The van der Waals surface area contributed by atoms with Crippen LogP contribution in [0.2, 0.25) is 0 Å². The Bertz CT molecular complexity index is 711. The van der Waals surface area contributed by atoms with Gasteiger partial charge in [0.2, 0.25) is 0 Å². The van der Waals surface area contributed by atoms with Gasteiger partial charge in [0.1, 0.15) is 0 Å². The molecular weight excluding hydrogens is 308 g/mol. The van der Waals surface area contributed by atoms with Crippen molar-refractivity contribution < 1.29 is 5.11 Å². The second-order valence-corrected chi connectivity index (χ2v) is 7.10. The highest BCUT2D eigenvalue weighted by Gasteiger charge is 2.31. The van der Waals surface area contributed by atoms with Crippen molar-refractivity contribution in [3.05, 3.63) is 41.6 Å². The van der Waals surface area contributed by atoms with Gasteiger partial charge in [-0.3, -0.25) is 4.68 Å². The summed E-state index contributed by atoms with van der Waals surface area (Å²) in [6.07, 6.45) is 2.84. The maximum Gasteiger partial charge on any atom is 0.0991 e. The topological polar surface area (TPSA) is 73.9 Å². The standard InChI is InChI=1S/C17H20N4OS/c1-21-10-15(9-19-11-17(22)6-7-23-12-17)16(20-21)14-4-2-13(8-18)3-5-14/h2-5,10,19,22H,6-7,9,11-12H2,1H3. The van der Waals surface area contributed by atoms with Gasteiger partial charge < -0.3 is 10.4 Å². The van der Waals surface area contributed by atoms with Crippen molar-refractivity contribution in [3.8, 4) is 17.3 Å². The lowest BCUT2D eigenvalue weighted by Crippen LogP contribution is -2.40. The van der Waals surface area contributed by atoms with Crippen molar-refractivity contribution in [1.82, 2.24) is 15.1 Å². The van der Waals surface area contributed by atoms with E-state index in [1.165, 1.54) is 0 Å². The van der Waals surface area contributed by atoms with Crippen LogP contribution in [0.15, 0.2) is 30.5 Å². The van der Waals surface area contributed by atoms with Crippen LogP contribution >= 0.6 is 11.8 Å². The molecule has 0 amide bonds. The maximum absolute atomic E-state index is 10.4. The lowest BCUT2D eigenvalue weighted by atomic mass is 10.0. The maximum atomic E-state index is 10.4. The van der Waals surface area contributed by atoms with Crippen LogP contribution in [0.3, 0.4) is 0 Å². The minimum atomic E-state index is -0.582. The van der Waals surface area contributed by atoms with Crippen LogP contribution in [-0.4, -0.2) is 38.5 Å². The monoisotopic (exact) mass is 328 g/mol. The Kier molecular flexibility index (Phi) is 4.71. The van der Waals surface area contributed by atoms with Gasteiger partial charge in [-0.2, -0.15) is 22.1 Å². The SMILES string of the molecule is Cn1cc(CNCC2(O)CCSC2)c(-c2ccc(C#N)cc2)n1. The minimum absolute atomic E-state index is 0.582. The predicted octanol–water partition coefficient (Wildman–Crippen LogP) is 1.92. The van der Waals surface area contributed by atoms with Gasteiger partial charge >= 0.3 is 0 Å². The molecule has 0 spiro atoms. The van der Waals surface area contributed by atoms with Crippen LogP contribution in [0.25, 0.3) is 11.3 Å². The average Bonchev–Trinajstić information content (AvgIpc) is 3.14. The molecule has 2 aromatic rings. The van der Waals surface area contributed by atoms with E-state index in [1.807, 2.05) is 25.4 Å². The Labute approximate surface area is 140 Å². The molecule has 6 heteroatoms. The van der Waals surface area contributed by atoms with Crippen molar-refractivity contribution in [2.75, 3.05) is 18.1 Å². The van der Waals surface area contributed by atoms with Crippen LogP contribution in [0.5, 0.6) is 0 Å². The molecular formula is C17H20N4OS. The number of hydrogen-bond donors (Lipinski definition) is 2. The Hall–Kier alpha value is -1.81. The van der Waals surface area contributed by atoms with Gasteiger partial charge in [-0.1, -0.05) is 12.1 Å². The van der Waals surface area contributed by atoms with E-state index in [1.54, 1.807) is 28.6 Å². The summed E-state index contributed by atoms with van der Waals surface area (Å²) in [5.41, 5.74) is 3.06. The van der Waals surface area contributed by atoms with Gasteiger partial charge in [-0.05, 0) is 24.3 Å². The summed E-state index contributed by atoms with van der Waals surface area (Å²) < 4.78 is 1.80. The number of nitriles is 1. The minimum Gasteiger partial charge on any atom is -0.388 e. The zero-order valence-electron chi connectivity index (χ0n) is 13.1. The first-order chi connectivity index (χ1) is 11.1. The number of aryl methyl sites for hydroxylation is 1. The molecule has 3 rings (SSSR count). The Morgan fingerprint density at radius 2 is 2.22 bits per heavy atom. The number of nitrogens with one attached hydrogen (secondary N) is 1. The quantitative estimate of drug-likeness (QED) is 0.877. The molecule has 2 heterocycles. The van der Waals surface area contributed by atoms with Crippen molar-refractivity contribution in [2.24, 2.45) is 7.05 Å². The van der Waals surface area contributed by atoms with Crippen LogP contribution in [-0.2, 0) is 13.6 Å². The Morgan fingerprint density at radius 3 is 2.87 bits per heavy atom. The van der Waals surface area contributed by atoms with E-state index in [0.29, 0.717) is 18.7 Å². The summed E-state index contributed by atoms with van der Waals surface area (Å²) in [5.74, 6) is 1.83. The zero-order valence-corrected chi connectivity index (χ0v) is 13.9. The molecule has 1 aromatic carbocycles. The molecule has 1 saturated heterocycles. The summed E-state index contributed by atoms with van der Waals surface area (Å²) >= 11 is 1.80. The predicted molar refractivity (Wildman–Crippen MR) is 92.0 cm³/mol. The van der Waals surface area contributed by atoms with Gasteiger partial charge in [0.15, 0.2) is 0 Å². The lowest BCUT2D eigenvalue weighted by molar-refractivity contribution is 0.0675. The van der Waals surface area contributed by atoms with Gasteiger partial charge in [-0.25, -0.2) is 0 Å². The highest BCUT2D eigenvalue weighted by molar-refractivity contribution is 7.99. The molecule has 2 N–H and O–H groups in total. The smallest absolute Gasteiger partial charge is 0.0991 e. The fourth-order valence-electron chi connectivity index (χ4n) is 2.78. The normalized spacial score (nSPS) is 20.6. The van der Waals surface area contributed by atoms with Crippen LogP contribution < -0.4 is 5.32 Å². The molecule has 0 radical (unpaired) electrons. The molecule has 0 aliphatic carbocycles. The van der Waals surface area contributed by atoms with E-state index in [-0.39, 0.29) is 0 Å². The summed E-state index contributed by atoms with van der Waals surface area (Å²) in [5, 5.41) is 27.2. The van der Waals surface area contributed by atoms with E-state index in [4.69, 9.17) is 5.26 Å². The number of rotatable bonds is 5. The molecule has 1 aromatic heterocycles. The van der Waals surface area contributed by atoms with E-state index >= 15 is 0 Å². The molecule has 1 aliphatic heterocycles. The second-order valence-electron chi connectivity index (χ2n) is 6.00. The molecule has 5 nitrogen and oxygen atoms in total. The van der Waals surface area contributed by atoms with Crippen molar-refractivity contribution in [2.45, 2.75) is 18.6 Å². The van der Waals surface area contributed by atoms with Crippen LogP contribution in [0.1, 0.15) is 17.5 Å². The lowest BCUT2D eigenvalue weighted by Gasteiger charge is -2.21. The zero-order chi connectivity index (χ0) is 16.3. The molecule has 1 aliphatic rings. The van der Waals surface area contributed by atoms with Crippen molar-refractivity contribution >= 4 is 11.8 Å². The number of nitrogens with zero attached hydrogens (tertiary/aromatic N) is 3. The van der Waals surface area contributed by atoms with Crippen molar-refractivity contribution in [3.63, 3.8) is 0 Å². The Balaban J connectivity index is 1.71. The van der Waals surface area contributed by atoms with E-state index in [0.717, 1.165) is 34.7 Å². The third kappa shape index (κ3) is 3.75. The first kappa shape index (κ1) is 16.1. The van der Waals surface area contributed by atoms with E-state index in [9.17, 15) is 5.11 Å². The summed E-state index contributed by atoms with van der Waals surface area (Å²) in [6, 6.07) is 9.58. The summed E-state index contributed by atoms with van der Waals surface area (Å²) in [7, 11) is 1.90. The summed E-state index contributed by atoms with van der Waals surface area (Å²) in [6.45, 7) is 1.26. The van der Waals surface area contributed by atoms with Gasteiger partial charge in [0.05, 0.1) is 22.9 Å². The molecule has 23 heavy (non-hydrogen) atoms. The van der Waals surface area contributed by atoms with Crippen molar-refractivity contribution in [1.29, 1.82) is 5.26 Å².